The number of aryl methyl sites for hydroxylation is 1. The average Bonchev–Trinajstić information content (AvgIpc) is 3.08. The largest absolute Gasteiger partial charge is 0.480 e. The Labute approximate surface area is 156 Å². The van der Waals surface area contributed by atoms with Crippen molar-refractivity contribution in [3.8, 4) is 11.4 Å². The summed E-state index contributed by atoms with van der Waals surface area (Å²) in [6, 6.07) is 6.16. The molecule has 0 spiro atoms. The van der Waals surface area contributed by atoms with E-state index in [0.29, 0.717) is 42.4 Å². The lowest BCUT2D eigenvalue weighted by atomic mass is 10.1. The van der Waals surface area contributed by atoms with Crippen LogP contribution in [-0.2, 0) is 16.0 Å². The first-order valence-corrected chi connectivity index (χ1v) is 8.59. The third kappa shape index (κ3) is 6.00. The zero-order chi connectivity index (χ0) is 18.9. The molecule has 8 heteroatoms. The van der Waals surface area contributed by atoms with Crippen LogP contribution in [0.4, 0.5) is 0 Å². The Balaban J connectivity index is 1.80. The van der Waals surface area contributed by atoms with Crippen molar-refractivity contribution in [3.05, 3.63) is 47.8 Å². The highest BCUT2D eigenvalue weighted by Crippen LogP contribution is 2.19. The average molecular weight is 378 g/mol. The number of allylic oxidation sites excluding steroid dienone is 1. The number of nitrogens with one attached hydrogen (secondary N) is 1. The van der Waals surface area contributed by atoms with E-state index in [1.54, 1.807) is 30.3 Å². The van der Waals surface area contributed by atoms with Crippen molar-refractivity contribution < 1.29 is 19.2 Å². The Morgan fingerprint density at radius 2 is 2.08 bits per heavy atom. The lowest BCUT2D eigenvalue weighted by Gasteiger charge is -2.13. The van der Waals surface area contributed by atoms with Crippen LogP contribution in [-0.4, -0.2) is 33.2 Å². The number of benzene rings is 1. The molecule has 26 heavy (non-hydrogen) atoms. The van der Waals surface area contributed by atoms with E-state index in [1.165, 1.54) is 0 Å². The van der Waals surface area contributed by atoms with Crippen molar-refractivity contribution in [2.45, 2.75) is 38.1 Å². The molecule has 1 aromatic carbocycles. The number of hydrogen-bond acceptors (Lipinski definition) is 5. The van der Waals surface area contributed by atoms with Crippen LogP contribution in [0.1, 0.15) is 31.6 Å². The number of carbonyl (C=O) groups excluding carboxylic acids is 1. The topological polar surface area (TPSA) is 105 Å². The normalized spacial score (nSPS) is 11.7. The molecule has 0 saturated carbocycles. The minimum atomic E-state index is -1.05. The number of amides is 1. The third-order valence-corrected chi connectivity index (χ3v) is 3.91. The van der Waals surface area contributed by atoms with E-state index in [2.05, 4.69) is 22.0 Å². The van der Waals surface area contributed by atoms with Gasteiger partial charge in [0.2, 0.25) is 17.6 Å². The lowest BCUT2D eigenvalue weighted by molar-refractivity contribution is -0.142. The van der Waals surface area contributed by atoms with Crippen LogP contribution in [0.5, 0.6) is 0 Å². The first-order valence-electron chi connectivity index (χ1n) is 8.21. The molecule has 1 atom stereocenters. The third-order valence-electron chi connectivity index (χ3n) is 3.66. The number of hydrogen-bond donors (Lipinski definition) is 2. The van der Waals surface area contributed by atoms with Crippen LogP contribution in [0, 0.1) is 0 Å². The molecule has 2 rings (SSSR count). The molecule has 1 heterocycles. The van der Waals surface area contributed by atoms with E-state index in [9.17, 15) is 9.59 Å². The molecule has 7 nitrogen and oxygen atoms in total. The summed E-state index contributed by atoms with van der Waals surface area (Å²) in [5, 5.41) is 16.1. The molecule has 2 aromatic rings. The van der Waals surface area contributed by atoms with E-state index in [0.717, 1.165) is 5.56 Å². The zero-order valence-corrected chi connectivity index (χ0v) is 14.9. The molecule has 0 aliphatic carbocycles. The molecule has 0 fully saturated rings. The van der Waals surface area contributed by atoms with E-state index >= 15 is 0 Å². The van der Waals surface area contributed by atoms with Crippen LogP contribution in [0.2, 0.25) is 5.02 Å². The van der Waals surface area contributed by atoms with Gasteiger partial charge < -0.3 is 14.9 Å². The number of rotatable bonds is 10. The van der Waals surface area contributed by atoms with E-state index in [1.807, 2.05) is 0 Å². The molecule has 0 saturated heterocycles. The highest BCUT2D eigenvalue weighted by Gasteiger charge is 2.19. The fourth-order valence-corrected chi connectivity index (χ4v) is 2.41. The molecular weight excluding hydrogens is 358 g/mol. The van der Waals surface area contributed by atoms with Crippen molar-refractivity contribution >= 4 is 23.5 Å². The van der Waals surface area contributed by atoms with Crippen molar-refractivity contribution in [1.82, 2.24) is 15.5 Å². The van der Waals surface area contributed by atoms with Gasteiger partial charge in [-0.1, -0.05) is 22.8 Å². The summed E-state index contributed by atoms with van der Waals surface area (Å²) in [6.45, 7) is 3.55. The second-order valence-electron chi connectivity index (χ2n) is 5.70. The van der Waals surface area contributed by atoms with Crippen molar-refractivity contribution in [3.63, 3.8) is 0 Å². The van der Waals surface area contributed by atoms with Gasteiger partial charge in [0, 0.05) is 23.4 Å². The second kappa shape index (κ2) is 9.72. The van der Waals surface area contributed by atoms with Crippen LogP contribution in [0.15, 0.2) is 41.4 Å². The van der Waals surface area contributed by atoms with Crippen molar-refractivity contribution in [2.24, 2.45) is 0 Å². The van der Waals surface area contributed by atoms with Crippen LogP contribution >= 0.6 is 11.6 Å². The number of carboxylic acid groups (broad SMARTS) is 1. The maximum atomic E-state index is 11.9. The van der Waals surface area contributed by atoms with Gasteiger partial charge in [-0.15, -0.1) is 6.58 Å². The first kappa shape index (κ1) is 19.7. The predicted molar refractivity (Wildman–Crippen MR) is 96.7 cm³/mol. The molecule has 2 N–H and O–H groups in total. The quantitative estimate of drug-likeness (QED) is 0.616. The number of halogens is 1. The van der Waals surface area contributed by atoms with Gasteiger partial charge in [-0.2, -0.15) is 4.98 Å². The molecule has 1 amide bonds. The maximum Gasteiger partial charge on any atom is 0.326 e. The Kier molecular flexibility index (Phi) is 7.35. The standard InChI is InChI=1S/C18H20ClN3O4/c1-2-3-5-14(18(24)25)20-15(23)6-4-7-16-21-17(22-26-16)12-8-10-13(19)11-9-12/h2,8-11,14H,1,3-7H2,(H,20,23)(H,24,25). The fraction of sp³-hybridized carbons (Fsp3) is 0.333. The van der Waals surface area contributed by atoms with Gasteiger partial charge >= 0.3 is 5.97 Å². The van der Waals surface area contributed by atoms with Crippen LogP contribution < -0.4 is 5.32 Å². The molecule has 1 unspecified atom stereocenters. The minimum absolute atomic E-state index is 0.177. The second-order valence-corrected chi connectivity index (χ2v) is 6.13. The van der Waals surface area contributed by atoms with Gasteiger partial charge in [0.25, 0.3) is 0 Å². The molecular formula is C18H20ClN3O4. The molecule has 1 aromatic heterocycles. The van der Waals surface area contributed by atoms with Gasteiger partial charge in [-0.25, -0.2) is 4.79 Å². The monoisotopic (exact) mass is 377 g/mol. The minimum Gasteiger partial charge on any atom is -0.480 e. The molecule has 0 aliphatic rings. The smallest absolute Gasteiger partial charge is 0.326 e. The molecule has 0 aliphatic heterocycles. The Bertz CT molecular complexity index is 758. The summed E-state index contributed by atoms with van der Waals surface area (Å²) in [4.78, 5) is 27.3. The highest BCUT2D eigenvalue weighted by molar-refractivity contribution is 6.30. The molecule has 138 valence electrons. The number of nitrogens with zero attached hydrogens (tertiary/aromatic N) is 2. The summed E-state index contributed by atoms with van der Waals surface area (Å²) in [7, 11) is 0. The highest BCUT2D eigenvalue weighted by atomic mass is 35.5. The fourth-order valence-electron chi connectivity index (χ4n) is 2.28. The van der Waals surface area contributed by atoms with Gasteiger partial charge in [0.1, 0.15) is 6.04 Å². The van der Waals surface area contributed by atoms with Crippen molar-refractivity contribution in [1.29, 1.82) is 0 Å². The zero-order valence-electron chi connectivity index (χ0n) is 14.2. The SMILES string of the molecule is C=CCCC(NC(=O)CCCc1nc(-c2ccc(Cl)cc2)no1)C(=O)O. The Morgan fingerprint density at radius 1 is 1.35 bits per heavy atom. The number of aliphatic carboxylic acids is 1. The van der Waals surface area contributed by atoms with Crippen molar-refractivity contribution in [2.75, 3.05) is 0 Å². The van der Waals surface area contributed by atoms with Gasteiger partial charge in [-0.3, -0.25) is 4.79 Å². The molecule has 0 radical (unpaired) electrons. The summed E-state index contributed by atoms with van der Waals surface area (Å²) < 4.78 is 5.17. The van der Waals surface area contributed by atoms with E-state index < -0.39 is 12.0 Å². The lowest BCUT2D eigenvalue weighted by Crippen LogP contribution is -2.40. The summed E-state index contributed by atoms with van der Waals surface area (Å²) in [5.41, 5.74) is 0.786. The predicted octanol–water partition coefficient (Wildman–Crippen LogP) is 3.25. The number of aromatic nitrogens is 2. The van der Waals surface area contributed by atoms with Gasteiger partial charge in [0.15, 0.2) is 0 Å². The van der Waals surface area contributed by atoms with Crippen LogP contribution in [0.3, 0.4) is 0 Å². The van der Waals surface area contributed by atoms with Gasteiger partial charge in [0.05, 0.1) is 0 Å². The maximum absolute atomic E-state index is 11.9. The first-order chi connectivity index (χ1) is 12.5. The van der Waals surface area contributed by atoms with E-state index in [-0.39, 0.29) is 12.3 Å². The molecule has 0 bridgehead atoms. The Morgan fingerprint density at radius 3 is 2.73 bits per heavy atom. The summed E-state index contributed by atoms with van der Waals surface area (Å²) in [5.74, 6) is -0.496. The summed E-state index contributed by atoms with van der Waals surface area (Å²) >= 11 is 5.84. The summed E-state index contributed by atoms with van der Waals surface area (Å²) in [6.07, 6.45) is 3.54. The Hall–Kier alpha value is -2.67. The number of carboxylic acids is 1. The van der Waals surface area contributed by atoms with Crippen LogP contribution in [0.25, 0.3) is 11.4 Å². The van der Waals surface area contributed by atoms with Gasteiger partial charge in [-0.05, 0) is 43.5 Å². The van der Waals surface area contributed by atoms with E-state index in [4.69, 9.17) is 21.2 Å². The number of carbonyl (C=O) groups is 2.